The van der Waals surface area contributed by atoms with E-state index in [0.717, 1.165) is 5.03 Å². The Hall–Kier alpha value is -1.92. The number of ether oxygens (including phenoxy) is 2. The van der Waals surface area contributed by atoms with Crippen molar-refractivity contribution in [2.24, 2.45) is 0 Å². The maximum absolute atomic E-state index is 11.6. The number of rotatable bonds is 11. The molecule has 0 radical (unpaired) electrons. The number of carbonyl (C=O) groups is 4. The highest BCUT2D eigenvalue weighted by Crippen LogP contribution is 2.29. The van der Waals surface area contributed by atoms with Crippen molar-refractivity contribution >= 4 is 58.0 Å². The molecule has 1 heterocycles. The smallest absolute Gasteiger partial charge is 0.329 e. The van der Waals surface area contributed by atoms with Gasteiger partial charge in [-0.25, -0.2) is 14.6 Å². The van der Waals surface area contributed by atoms with Gasteiger partial charge in [0.1, 0.15) is 17.1 Å². The molecular formula is C19H29N3O6S3. The SMILES string of the molecule is CCOC(=O)[C@H](CS)NC(C)=O.CCOC(=O)[C@H](CSSc1ccccn1)NC(C)=O. The minimum absolute atomic E-state index is 0.248. The zero-order chi connectivity index (χ0) is 23.6. The minimum Gasteiger partial charge on any atom is -0.464 e. The van der Waals surface area contributed by atoms with E-state index in [9.17, 15) is 19.2 Å². The van der Waals surface area contributed by atoms with E-state index < -0.39 is 24.0 Å². The Morgan fingerprint density at radius 3 is 2.00 bits per heavy atom. The van der Waals surface area contributed by atoms with Crippen molar-refractivity contribution in [2.45, 2.75) is 44.8 Å². The Morgan fingerprint density at radius 2 is 1.55 bits per heavy atom. The van der Waals surface area contributed by atoms with Gasteiger partial charge < -0.3 is 20.1 Å². The molecule has 0 saturated carbocycles. The van der Waals surface area contributed by atoms with Gasteiger partial charge in [-0.05, 0) is 36.8 Å². The van der Waals surface area contributed by atoms with Gasteiger partial charge in [-0.15, -0.1) is 0 Å². The lowest BCUT2D eigenvalue weighted by molar-refractivity contribution is -0.146. The van der Waals surface area contributed by atoms with Gasteiger partial charge >= 0.3 is 11.9 Å². The first-order chi connectivity index (χ1) is 14.7. The topological polar surface area (TPSA) is 124 Å². The van der Waals surface area contributed by atoms with Crippen molar-refractivity contribution in [1.29, 1.82) is 0 Å². The highest BCUT2D eigenvalue weighted by molar-refractivity contribution is 8.76. The Morgan fingerprint density at radius 1 is 1.00 bits per heavy atom. The standard InChI is InChI=1S/C12H16N2O3S2.C7H13NO3S/c1-3-17-12(16)10(14-9(2)15)8-18-19-11-6-4-5-7-13-11;1-3-11-7(10)6(4-12)8-5(2)9/h4-7,10H,3,8H2,1-2H3,(H,14,15);6,12H,3-4H2,1-2H3,(H,8,9)/t10-;6-/m00/s1. The number of hydrogen-bond donors (Lipinski definition) is 3. The van der Waals surface area contributed by atoms with Gasteiger partial charge in [0.25, 0.3) is 0 Å². The third-order valence-corrected chi connectivity index (χ3v) is 5.74. The molecule has 0 aromatic carbocycles. The first-order valence-electron chi connectivity index (χ1n) is 9.43. The van der Waals surface area contributed by atoms with Crippen LogP contribution in [-0.2, 0) is 28.7 Å². The summed E-state index contributed by atoms with van der Waals surface area (Å²) in [5.74, 6) is -0.684. The van der Waals surface area contributed by atoms with E-state index >= 15 is 0 Å². The van der Waals surface area contributed by atoms with Crippen LogP contribution in [0.1, 0.15) is 27.7 Å². The van der Waals surface area contributed by atoms with Gasteiger partial charge in [-0.1, -0.05) is 16.9 Å². The fourth-order valence-electron chi connectivity index (χ4n) is 1.88. The van der Waals surface area contributed by atoms with Crippen LogP contribution in [0.4, 0.5) is 0 Å². The summed E-state index contributed by atoms with van der Waals surface area (Å²) < 4.78 is 9.61. The molecule has 2 amide bonds. The number of nitrogens with one attached hydrogen (secondary N) is 2. The first-order valence-corrected chi connectivity index (χ1v) is 12.4. The molecule has 174 valence electrons. The van der Waals surface area contributed by atoms with Crippen LogP contribution in [0, 0.1) is 0 Å². The molecule has 0 aliphatic carbocycles. The molecule has 1 aromatic rings. The van der Waals surface area contributed by atoms with Crippen molar-refractivity contribution in [3.63, 3.8) is 0 Å². The number of amides is 2. The average molecular weight is 492 g/mol. The molecule has 0 fully saturated rings. The number of esters is 2. The van der Waals surface area contributed by atoms with Crippen molar-refractivity contribution in [3.05, 3.63) is 24.4 Å². The van der Waals surface area contributed by atoms with E-state index in [2.05, 4.69) is 28.2 Å². The molecule has 0 spiro atoms. The van der Waals surface area contributed by atoms with Crippen LogP contribution >= 0.6 is 34.2 Å². The summed E-state index contributed by atoms with van der Waals surface area (Å²) in [5.41, 5.74) is 0. The van der Waals surface area contributed by atoms with Gasteiger partial charge in [0, 0.05) is 31.6 Å². The molecule has 0 unspecified atom stereocenters. The zero-order valence-electron chi connectivity index (χ0n) is 18.0. The fourth-order valence-corrected chi connectivity index (χ4v) is 4.18. The normalized spacial score (nSPS) is 11.8. The van der Waals surface area contributed by atoms with Crippen LogP contribution in [0.15, 0.2) is 29.4 Å². The summed E-state index contributed by atoms with van der Waals surface area (Å²) in [6.45, 7) is 6.77. The van der Waals surface area contributed by atoms with E-state index in [1.807, 2.05) is 18.2 Å². The molecule has 31 heavy (non-hydrogen) atoms. The van der Waals surface area contributed by atoms with Crippen LogP contribution in [0.25, 0.3) is 0 Å². The van der Waals surface area contributed by atoms with Crippen LogP contribution in [0.5, 0.6) is 0 Å². The van der Waals surface area contributed by atoms with Gasteiger partial charge in [0.05, 0.1) is 13.2 Å². The summed E-state index contributed by atoms with van der Waals surface area (Å²) >= 11 is 3.91. The predicted molar refractivity (Wildman–Crippen MR) is 125 cm³/mol. The van der Waals surface area contributed by atoms with Crippen LogP contribution < -0.4 is 10.6 Å². The lowest BCUT2D eigenvalue weighted by Crippen LogP contribution is -2.42. The molecule has 2 atom stereocenters. The van der Waals surface area contributed by atoms with E-state index in [0.29, 0.717) is 19.0 Å². The zero-order valence-corrected chi connectivity index (χ0v) is 20.5. The highest BCUT2D eigenvalue weighted by atomic mass is 33.1. The van der Waals surface area contributed by atoms with E-state index in [4.69, 9.17) is 9.47 Å². The second-order valence-corrected chi connectivity index (χ2v) is 8.45. The van der Waals surface area contributed by atoms with Crippen LogP contribution in [0.2, 0.25) is 0 Å². The monoisotopic (exact) mass is 491 g/mol. The third-order valence-electron chi connectivity index (χ3n) is 3.10. The molecule has 0 aliphatic rings. The van der Waals surface area contributed by atoms with Gasteiger partial charge in [0.15, 0.2) is 0 Å². The second-order valence-electron chi connectivity index (χ2n) is 5.73. The highest BCUT2D eigenvalue weighted by Gasteiger charge is 2.21. The van der Waals surface area contributed by atoms with Gasteiger partial charge in [-0.2, -0.15) is 12.6 Å². The minimum atomic E-state index is -0.634. The number of pyridine rings is 1. The molecular weight excluding hydrogens is 462 g/mol. The summed E-state index contributed by atoms with van der Waals surface area (Å²) in [7, 11) is 2.91. The quantitative estimate of drug-likeness (QED) is 0.242. The van der Waals surface area contributed by atoms with E-state index in [-0.39, 0.29) is 17.6 Å². The van der Waals surface area contributed by atoms with E-state index in [1.54, 1.807) is 20.0 Å². The Kier molecular flexibility index (Phi) is 16.6. The average Bonchev–Trinajstić information content (AvgIpc) is 2.72. The van der Waals surface area contributed by atoms with Crippen LogP contribution in [0.3, 0.4) is 0 Å². The lowest BCUT2D eigenvalue weighted by Gasteiger charge is -2.15. The predicted octanol–water partition coefficient (Wildman–Crippen LogP) is 1.87. The summed E-state index contributed by atoms with van der Waals surface area (Å²) in [6, 6.07) is 4.36. The molecule has 1 rings (SSSR count). The van der Waals surface area contributed by atoms with Crippen LogP contribution in [-0.4, -0.2) is 65.5 Å². The molecule has 9 nitrogen and oxygen atoms in total. The summed E-state index contributed by atoms with van der Waals surface area (Å²) in [5, 5.41) is 5.87. The van der Waals surface area contributed by atoms with Crippen molar-refractivity contribution in [1.82, 2.24) is 15.6 Å². The first kappa shape index (κ1) is 29.1. The van der Waals surface area contributed by atoms with Crippen molar-refractivity contribution in [3.8, 4) is 0 Å². The van der Waals surface area contributed by atoms with Crippen molar-refractivity contribution in [2.75, 3.05) is 24.7 Å². The number of aromatic nitrogens is 1. The summed E-state index contributed by atoms with van der Waals surface area (Å²) in [4.78, 5) is 48.4. The molecule has 1 aromatic heterocycles. The summed E-state index contributed by atoms with van der Waals surface area (Å²) in [6.07, 6.45) is 1.71. The largest absolute Gasteiger partial charge is 0.464 e. The molecule has 12 heteroatoms. The maximum atomic E-state index is 11.6. The number of nitrogens with zero attached hydrogens (tertiary/aromatic N) is 1. The number of hydrogen-bond acceptors (Lipinski definition) is 10. The van der Waals surface area contributed by atoms with Crippen molar-refractivity contribution < 1.29 is 28.7 Å². The number of carbonyl (C=O) groups excluding carboxylic acids is 4. The number of thiol groups is 1. The lowest BCUT2D eigenvalue weighted by atomic mass is 10.3. The Bertz CT molecular complexity index is 694. The molecule has 0 bridgehead atoms. The molecule has 2 N–H and O–H groups in total. The Labute approximate surface area is 196 Å². The van der Waals surface area contributed by atoms with E-state index in [1.165, 1.54) is 35.4 Å². The second kappa shape index (κ2) is 17.7. The molecule has 0 saturated heterocycles. The third kappa shape index (κ3) is 14.7. The Balaban J connectivity index is 0.000000649. The maximum Gasteiger partial charge on any atom is 0.329 e. The van der Waals surface area contributed by atoms with Gasteiger partial charge in [0.2, 0.25) is 11.8 Å². The fraction of sp³-hybridized carbons (Fsp3) is 0.526. The molecule has 0 aliphatic heterocycles. The van der Waals surface area contributed by atoms with Gasteiger partial charge in [-0.3, -0.25) is 9.59 Å².